The number of carbonyl (C=O) groups is 1. The number of nitrogens with zero attached hydrogens (tertiary/aromatic N) is 3. The summed E-state index contributed by atoms with van der Waals surface area (Å²) in [5.74, 6) is 0.0139. The van der Waals surface area contributed by atoms with E-state index in [4.69, 9.17) is 10.7 Å². The molecule has 0 spiro atoms. The molecule has 0 saturated carbocycles. The fraction of sp³-hybridized carbons (Fsp3) is 0.353. The van der Waals surface area contributed by atoms with Gasteiger partial charge in [0, 0.05) is 36.3 Å². The minimum atomic E-state index is 0. The molecule has 0 bridgehead atoms. The summed E-state index contributed by atoms with van der Waals surface area (Å²) in [6.07, 6.45) is 1.07. The predicted molar refractivity (Wildman–Crippen MR) is 97.6 cm³/mol. The molecular formula is C17H22ClN5O. The number of amides is 1. The second-order valence-electron chi connectivity index (χ2n) is 5.65. The van der Waals surface area contributed by atoms with Crippen molar-refractivity contribution in [1.29, 1.82) is 0 Å². The fourth-order valence-electron chi connectivity index (χ4n) is 2.88. The van der Waals surface area contributed by atoms with Crippen molar-refractivity contribution in [2.24, 2.45) is 5.73 Å². The van der Waals surface area contributed by atoms with Crippen LogP contribution in [0.5, 0.6) is 0 Å². The molecule has 2 heterocycles. The third-order valence-corrected chi connectivity index (χ3v) is 4.09. The van der Waals surface area contributed by atoms with Gasteiger partial charge in [0.25, 0.3) is 0 Å². The highest BCUT2D eigenvalue weighted by molar-refractivity contribution is 5.92. The van der Waals surface area contributed by atoms with E-state index in [0.717, 1.165) is 33.5 Å². The highest BCUT2D eigenvalue weighted by atomic mass is 35.5. The van der Waals surface area contributed by atoms with Gasteiger partial charge >= 0.3 is 0 Å². The molecule has 7 heteroatoms. The van der Waals surface area contributed by atoms with Crippen molar-refractivity contribution in [3.63, 3.8) is 0 Å². The summed E-state index contributed by atoms with van der Waals surface area (Å²) in [4.78, 5) is 16.5. The van der Waals surface area contributed by atoms with Crippen LogP contribution in [0.1, 0.15) is 23.4 Å². The van der Waals surface area contributed by atoms with Gasteiger partial charge in [-0.15, -0.1) is 12.4 Å². The van der Waals surface area contributed by atoms with Crippen LogP contribution in [-0.2, 0) is 11.2 Å². The minimum Gasteiger partial charge on any atom is -0.355 e. The standard InChI is InChI=1S/C17H21N5O.ClH/c1-11-13(7-8-16(23)19-10-9-18)12(2)22-17(20-11)14-5-3-4-6-15(14)21-22;/h3-6H,7-10,18H2,1-2H3,(H,19,23);1H. The van der Waals surface area contributed by atoms with Crippen LogP contribution in [0.15, 0.2) is 24.3 Å². The van der Waals surface area contributed by atoms with E-state index in [9.17, 15) is 4.79 Å². The van der Waals surface area contributed by atoms with Crippen molar-refractivity contribution >= 4 is 34.9 Å². The van der Waals surface area contributed by atoms with Gasteiger partial charge in [0.2, 0.25) is 5.91 Å². The number of carbonyl (C=O) groups excluding carboxylic acids is 1. The zero-order valence-corrected chi connectivity index (χ0v) is 14.7. The maximum atomic E-state index is 11.8. The summed E-state index contributed by atoms with van der Waals surface area (Å²) in [6, 6.07) is 7.98. The first-order valence-electron chi connectivity index (χ1n) is 7.82. The molecule has 0 aliphatic heterocycles. The predicted octanol–water partition coefficient (Wildman–Crippen LogP) is 1.93. The monoisotopic (exact) mass is 347 g/mol. The van der Waals surface area contributed by atoms with Crippen molar-refractivity contribution in [2.75, 3.05) is 13.1 Å². The number of fused-ring (bicyclic) bond motifs is 3. The zero-order chi connectivity index (χ0) is 16.4. The van der Waals surface area contributed by atoms with Gasteiger partial charge in [0.1, 0.15) is 0 Å². The van der Waals surface area contributed by atoms with Crippen molar-refractivity contribution in [2.45, 2.75) is 26.7 Å². The Balaban J connectivity index is 0.00000208. The number of nitrogens with two attached hydrogens (primary N) is 1. The Kier molecular flexibility index (Phi) is 5.75. The summed E-state index contributed by atoms with van der Waals surface area (Å²) in [5.41, 5.74) is 10.3. The summed E-state index contributed by atoms with van der Waals surface area (Å²) in [5, 5.41) is 8.47. The smallest absolute Gasteiger partial charge is 0.220 e. The molecule has 0 aliphatic rings. The quantitative estimate of drug-likeness (QED) is 0.738. The van der Waals surface area contributed by atoms with Crippen LogP contribution in [0.25, 0.3) is 16.6 Å². The van der Waals surface area contributed by atoms with E-state index in [1.54, 1.807) is 0 Å². The van der Waals surface area contributed by atoms with Crippen molar-refractivity contribution in [1.82, 2.24) is 19.9 Å². The zero-order valence-electron chi connectivity index (χ0n) is 13.9. The number of hydrogen-bond donors (Lipinski definition) is 2. The van der Waals surface area contributed by atoms with Gasteiger partial charge in [-0.2, -0.15) is 5.10 Å². The Hall–Kier alpha value is -2.18. The molecule has 128 valence electrons. The molecule has 0 fully saturated rings. The van der Waals surface area contributed by atoms with Crippen molar-refractivity contribution in [3.05, 3.63) is 41.2 Å². The van der Waals surface area contributed by atoms with Gasteiger partial charge < -0.3 is 11.1 Å². The van der Waals surface area contributed by atoms with E-state index in [1.165, 1.54) is 0 Å². The highest BCUT2D eigenvalue weighted by Gasteiger charge is 2.14. The van der Waals surface area contributed by atoms with Gasteiger partial charge in [-0.25, -0.2) is 9.50 Å². The lowest BCUT2D eigenvalue weighted by molar-refractivity contribution is -0.120. The summed E-state index contributed by atoms with van der Waals surface area (Å²) >= 11 is 0. The van der Waals surface area contributed by atoms with E-state index >= 15 is 0 Å². The molecule has 1 aromatic carbocycles. The lowest BCUT2D eigenvalue weighted by Gasteiger charge is -2.11. The summed E-state index contributed by atoms with van der Waals surface area (Å²) in [7, 11) is 0. The molecular weight excluding hydrogens is 326 g/mol. The Bertz CT molecular complexity index is 874. The van der Waals surface area contributed by atoms with Crippen molar-refractivity contribution in [3.8, 4) is 0 Å². The summed E-state index contributed by atoms with van der Waals surface area (Å²) in [6.45, 7) is 4.98. The Morgan fingerprint density at radius 2 is 2.04 bits per heavy atom. The first-order valence-corrected chi connectivity index (χ1v) is 7.82. The van der Waals surface area contributed by atoms with Gasteiger partial charge in [0.05, 0.1) is 5.52 Å². The Labute approximate surface area is 146 Å². The topological polar surface area (TPSA) is 85.3 Å². The van der Waals surface area contributed by atoms with Crippen LogP contribution < -0.4 is 11.1 Å². The molecule has 0 radical (unpaired) electrons. The fourth-order valence-corrected chi connectivity index (χ4v) is 2.88. The second kappa shape index (κ2) is 7.59. The van der Waals surface area contributed by atoms with Crippen molar-refractivity contribution < 1.29 is 4.79 Å². The molecule has 3 aromatic rings. The number of nitrogens with one attached hydrogen (secondary N) is 1. The minimum absolute atomic E-state index is 0. The number of aryl methyl sites for hydroxylation is 2. The van der Waals surface area contributed by atoms with E-state index in [2.05, 4.69) is 10.4 Å². The summed E-state index contributed by atoms with van der Waals surface area (Å²) < 4.78 is 1.88. The normalized spacial score (nSPS) is 10.8. The van der Waals surface area contributed by atoms with Gasteiger partial charge in [-0.05, 0) is 38.0 Å². The number of benzene rings is 1. The van der Waals surface area contributed by atoms with Crippen LogP contribution >= 0.6 is 12.4 Å². The van der Waals surface area contributed by atoms with Crippen LogP contribution in [0, 0.1) is 13.8 Å². The third kappa shape index (κ3) is 3.34. The molecule has 0 saturated heterocycles. The number of rotatable bonds is 5. The first kappa shape index (κ1) is 18.2. The molecule has 0 aliphatic carbocycles. The molecule has 3 N–H and O–H groups in total. The molecule has 3 rings (SSSR count). The van der Waals surface area contributed by atoms with E-state index in [1.807, 2.05) is 42.6 Å². The largest absolute Gasteiger partial charge is 0.355 e. The van der Waals surface area contributed by atoms with Crippen LogP contribution in [0.4, 0.5) is 0 Å². The highest BCUT2D eigenvalue weighted by Crippen LogP contribution is 2.22. The van der Waals surface area contributed by atoms with E-state index in [-0.39, 0.29) is 18.3 Å². The molecule has 24 heavy (non-hydrogen) atoms. The Morgan fingerprint density at radius 1 is 1.29 bits per heavy atom. The lowest BCUT2D eigenvalue weighted by Crippen LogP contribution is -2.29. The maximum Gasteiger partial charge on any atom is 0.220 e. The van der Waals surface area contributed by atoms with Gasteiger partial charge in [0.15, 0.2) is 5.65 Å². The average Bonchev–Trinajstić information content (AvgIpc) is 2.91. The van der Waals surface area contributed by atoms with E-state index < -0.39 is 0 Å². The lowest BCUT2D eigenvalue weighted by atomic mass is 10.1. The molecule has 1 amide bonds. The Morgan fingerprint density at radius 3 is 2.79 bits per heavy atom. The molecule has 0 unspecified atom stereocenters. The maximum absolute atomic E-state index is 11.8. The molecule has 6 nitrogen and oxygen atoms in total. The molecule has 2 aromatic heterocycles. The van der Waals surface area contributed by atoms with Crippen LogP contribution in [0.2, 0.25) is 0 Å². The third-order valence-electron chi connectivity index (χ3n) is 4.09. The SMILES string of the molecule is Cc1nc2c3ccccc3nn2c(C)c1CCC(=O)NCCN.Cl. The first-order chi connectivity index (χ1) is 11.1. The van der Waals surface area contributed by atoms with Crippen LogP contribution in [-0.4, -0.2) is 33.6 Å². The number of aromatic nitrogens is 3. The van der Waals surface area contributed by atoms with Crippen LogP contribution in [0.3, 0.4) is 0 Å². The van der Waals surface area contributed by atoms with Gasteiger partial charge in [-0.3, -0.25) is 4.79 Å². The average molecular weight is 348 g/mol. The van der Waals surface area contributed by atoms with E-state index in [0.29, 0.717) is 25.9 Å². The van der Waals surface area contributed by atoms with Gasteiger partial charge in [-0.1, -0.05) is 12.1 Å². The molecule has 0 atom stereocenters. The number of hydrogen-bond acceptors (Lipinski definition) is 4. The number of halogens is 1. The second-order valence-corrected chi connectivity index (χ2v) is 5.65.